The summed E-state index contributed by atoms with van der Waals surface area (Å²) < 4.78 is 79.8. The molecule has 1 nitrogen and oxygen atoms in total. The molecule has 1 atom stereocenters. The van der Waals surface area contributed by atoms with Crippen LogP contribution in [0.1, 0.15) is 33.0 Å². The van der Waals surface area contributed by atoms with E-state index in [1.54, 1.807) is 0 Å². The van der Waals surface area contributed by atoms with Gasteiger partial charge in [-0.15, -0.1) is 0 Å². The standard InChI is InChI=1S/C18H8Cl4F6O/c19-13-6-9(7-14(20)15(13)21)11(17(23,24)25)4-2-8-1-3-10(16(22)29)12(5-8)18(26,27)28/h1-7,11H. The molecule has 0 radical (unpaired) electrons. The van der Waals surface area contributed by atoms with Crippen LogP contribution < -0.4 is 0 Å². The van der Waals surface area contributed by atoms with Gasteiger partial charge in [0, 0.05) is 5.56 Å². The monoisotopic (exact) mass is 494 g/mol. The van der Waals surface area contributed by atoms with Crippen molar-refractivity contribution >= 4 is 57.7 Å². The molecule has 0 aliphatic heterocycles. The zero-order valence-corrected chi connectivity index (χ0v) is 16.8. The van der Waals surface area contributed by atoms with Crippen molar-refractivity contribution < 1.29 is 31.1 Å². The summed E-state index contributed by atoms with van der Waals surface area (Å²) in [7, 11) is 0. The molecule has 0 aromatic heterocycles. The van der Waals surface area contributed by atoms with Crippen LogP contribution in [0.2, 0.25) is 15.1 Å². The highest BCUT2D eigenvalue weighted by Gasteiger charge is 2.39. The number of benzene rings is 2. The Labute approximate surface area is 180 Å². The summed E-state index contributed by atoms with van der Waals surface area (Å²) >= 11 is 22.4. The molecule has 0 fully saturated rings. The molecule has 0 N–H and O–H groups in total. The minimum Gasteiger partial charge on any atom is -0.276 e. The fourth-order valence-corrected chi connectivity index (χ4v) is 3.22. The maximum absolute atomic E-state index is 13.5. The van der Waals surface area contributed by atoms with Gasteiger partial charge in [0.25, 0.3) is 5.24 Å². The van der Waals surface area contributed by atoms with E-state index in [2.05, 4.69) is 0 Å². The van der Waals surface area contributed by atoms with E-state index in [1.807, 2.05) is 0 Å². The van der Waals surface area contributed by atoms with E-state index < -0.39 is 34.6 Å². The minimum absolute atomic E-state index is 0.127. The topological polar surface area (TPSA) is 17.1 Å². The lowest BCUT2D eigenvalue weighted by Crippen LogP contribution is -2.19. The lowest BCUT2D eigenvalue weighted by molar-refractivity contribution is -0.139. The Kier molecular flexibility index (Phi) is 7.21. The van der Waals surface area contributed by atoms with Crippen molar-refractivity contribution in [2.24, 2.45) is 0 Å². The lowest BCUT2D eigenvalue weighted by atomic mass is 9.96. The third kappa shape index (κ3) is 5.81. The van der Waals surface area contributed by atoms with Gasteiger partial charge in [0.15, 0.2) is 0 Å². The highest BCUT2D eigenvalue weighted by molar-refractivity contribution is 6.68. The van der Waals surface area contributed by atoms with Crippen LogP contribution in [-0.4, -0.2) is 11.4 Å². The highest BCUT2D eigenvalue weighted by Crippen LogP contribution is 2.41. The van der Waals surface area contributed by atoms with Crippen molar-refractivity contribution in [1.29, 1.82) is 0 Å². The number of carbonyl (C=O) groups is 1. The van der Waals surface area contributed by atoms with E-state index in [1.165, 1.54) is 0 Å². The fourth-order valence-electron chi connectivity index (χ4n) is 2.44. The van der Waals surface area contributed by atoms with Crippen molar-refractivity contribution in [3.05, 3.63) is 73.7 Å². The number of hydrogen-bond donors (Lipinski definition) is 0. The molecule has 0 aliphatic rings. The molecule has 0 spiro atoms. The molecular formula is C18H8Cl4F6O. The first-order valence-corrected chi connectivity index (χ1v) is 9.03. The summed E-state index contributed by atoms with van der Waals surface area (Å²) in [6, 6.07) is 4.29. The van der Waals surface area contributed by atoms with Crippen molar-refractivity contribution in [3.63, 3.8) is 0 Å². The molecular weight excluding hydrogens is 488 g/mol. The molecule has 29 heavy (non-hydrogen) atoms. The van der Waals surface area contributed by atoms with Gasteiger partial charge >= 0.3 is 12.4 Å². The van der Waals surface area contributed by atoms with Gasteiger partial charge in [0.2, 0.25) is 0 Å². The Morgan fingerprint density at radius 2 is 1.48 bits per heavy atom. The summed E-state index contributed by atoms with van der Waals surface area (Å²) in [4.78, 5) is 11.2. The van der Waals surface area contributed by atoms with Crippen molar-refractivity contribution in [3.8, 4) is 0 Å². The largest absolute Gasteiger partial charge is 0.417 e. The van der Waals surface area contributed by atoms with E-state index in [4.69, 9.17) is 46.4 Å². The third-order valence-corrected chi connectivity index (χ3v) is 5.16. The molecule has 156 valence electrons. The van der Waals surface area contributed by atoms with Crippen LogP contribution in [-0.2, 0) is 6.18 Å². The van der Waals surface area contributed by atoms with E-state index in [-0.39, 0.29) is 26.2 Å². The number of carbonyl (C=O) groups excluding carboxylic acids is 1. The quantitative estimate of drug-likeness (QED) is 0.236. The molecule has 11 heteroatoms. The van der Waals surface area contributed by atoms with Gasteiger partial charge in [0.05, 0.1) is 26.5 Å². The Bertz CT molecular complexity index is 943. The lowest BCUT2D eigenvalue weighted by Gasteiger charge is -2.18. The molecule has 2 aromatic carbocycles. The van der Waals surface area contributed by atoms with Crippen LogP contribution in [0.5, 0.6) is 0 Å². The molecule has 0 saturated carbocycles. The van der Waals surface area contributed by atoms with Crippen LogP contribution >= 0.6 is 46.4 Å². The zero-order valence-electron chi connectivity index (χ0n) is 13.8. The summed E-state index contributed by atoms with van der Waals surface area (Å²) in [6.45, 7) is 0. The second-order valence-corrected chi connectivity index (χ2v) is 7.29. The van der Waals surface area contributed by atoms with Gasteiger partial charge in [-0.3, -0.25) is 4.79 Å². The zero-order chi connectivity index (χ0) is 22.1. The minimum atomic E-state index is -4.93. The summed E-state index contributed by atoms with van der Waals surface area (Å²) in [5.74, 6) is -2.22. The fraction of sp³-hybridized carbons (Fsp3) is 0.167. The summed E-state index contributed by atoms with van der Waals surface area (Å²) in [5.41, 5.74) is -2.74. The van der Waals surface area contributed by atoms with Crippen LogP contribution in [0, 0.1) is 0 Å². The SMILES string of the molecule is O=C(Cl)c1ccc(C=CC(c2cc(Cl)c(Cl)c(Cl)c2)C(F)(F)F)cc1C(F)(F)F. The van der Waals surface area contributed by atoms with Crippen molar-refractivity contribution in [2.45, 2.75) is 18.3 Å². The first-order valence-electron chi connectivity index (χ1n) is 7.52. The normalized spacial score (nSPS) is 13.7. The van der Waals surface area contributed by atoms with Gasteiger partial charge in [-0.25, -0.2) is 0 Å². The molecule has 0 saturated heterocycles. The van der Waals surface area contributed by atoms with Gasteiger partial charge in [-0.05, 0) is 47.0 Å². The first kappa shape index (κ1) is 23.9. The Morgan fingerprint density at radius 3 is 1.93 bits per heavy atom. The number of halogens is 10. The number of rotatable bonds is 4. The summed E-state index contributed by atoms with van der Waals surface area (Å²) in [5, 5.41) is -1.88. The maximum Gasteiger partial charge on any atom is 0.417 e. The second kappa shape index (κ2) is 8.76. The third-order valence-electron chi connectivity index (χ3n) is 3.76. The molecule has 0 bridgehead atoms. The average molecular weight is 496 g/mol. The van der Waals surface area contributed by atoms with E-state index in [0.717, 1.165) is 30.3 Å². The molecule has 2 aromatic rings. The Balaban J connectivity index is 2.52. The van der Waals surface area contributed by atoms with Crippen LogP contribution in [0.25, 0.3) is 6.08 Å². The Morgan fingerprint density at radius 1 is 0.931 bits per heavy atom. The molecule has 0 aliphatic carbocycles. The number of allylic oxidation sites excluding steroid dienone is 1. The van der Waals surface area contributed by atoms with Crippen molar-refractivity contribution in [1.82, 2.24) is 0 Å². The number of hydrogen-bond acceptors (Lipinski definition) is 1. The maximum atomic E-state index is 13.5. The van der Waals surface area contributed by atoms with Gasteiger partial charge < -0.3 is 0 Å². The molecule has 0 heterocycles. The molecule has 0 amide bonds. The predicted octanol–water partition coefficient (Wildman–Crippen LogP) is 8.40. The highest BCUT2D eigenvalue weighted by atomic mass is 35.5. The van der Waals surface area contributed by atoms with E-state index in [9.17, 15) is 31.1 Å². The van der Waals surface area contributed by atoms with Gasteiger partial charge in [0.1, 0.15) is 0 Å². The number of alkyl halides is 6. The Hall–Kier alpha value is -1.41. The smallest absolute Gasteiger partial charge is 0.276 e. The average Bonchev–Trinajstić information content (AvgIpc) is 2.57. The van der Waals surface area contributed by atoms with Crippen LogP contribution in [0.4, 0.5) is 26.3 Å². The van der Waals surface area contributed by atoms with Gasteiger partial charge in [-0.1, -0.05) is 53.0 Å². The van der Waals surface area contributed by atoms with Crippen LogP contribution in [0.15, 0.2) is 36.4 Å². The summed E-state index contributed by atoms with van der Waals surface area (Å²) in [6.07, 6.45) is -8.24. The van der Waals surface area contributed by atoms with E-state index in [0.29, 0.717) is 12.1 Å². The van der Waals surface area contributed by atoms with Gasteiger partial charge in [-0.2, -0.15) is 26.3 Å². The van der Waals surface area contributed by atoms with Crippen molar-refractivity contribution in [2.75, 3.05) is 0 Å². The second-order valence-electron chi connectivity index (χ2n) is 5.75. The molecule has 1 unspecified atom stereocenters. The first-order chi connectivity index (χ1) is 13.2. The van der Waals surface area contributed by atoms with Crippen LogP contribution in [0.3, 0.4) is 0 Å². The predicted molar refractivity (Wildman–Crippen MR) is 101 cm³/mol. The van der Waals surface area contributed by atoms with E-state index >= 15 is 0 Å². The molecule has 2 rings (SSSR count).